The number of fused-ring (bicyclic) bond motifs is 2. The third-order valence-electron chi connectivity index (χ3n) is 7.46. The Morgan fingerprint density at radius 2 is 1.84 bits per heavy atom. The Bertz CT molecular complexity index is 1950. The summed E-state index contributed by atoms with van der Waals surface area (Å²) in [6.07, 6.45) is 6.60. The number of aromatic nitrogens is 5. The molecule has 0 aliphatic carbocycles. The lowest BCUT2D eigenvalue weighted by Gasteiger charge is -2.18. The van der Waals surface area contributed by atoms with Gasteiger partial charge in [0.1, 0.15) is 0 Å². The number of nitrogens with zero attached hydrogens (tertiary/aromatic N) is 6. The summed E-state index contributed by atoms with van der Waals surface area (Å²) in [5.74, 6) is 0.0760. The molecule has 0 aliphatic heterocycles. The molecule has 5 rings (SSSR count). The van der Waals surface area contributed by atoms with Crippen LogP contribution in [0.1, 0.15) is 34.6 Å². The molecule has 1 amide bonds. The van der Waals surface area contributed by atoms with Gasteiger partial charge in [-0.1, -0.05) is 37.6 Å². The van der Waals surface area contributed by atoms with E-state index in [1.54, 1.807) is 43.7 Å². The highest BCUT2D eigenvalue weighted by Gasteiger charge is 2.19. The summed E-state index contributed by atoms with van der Waals surface area (Å²) in [5, 5.41) is 12.6. The van der Waals surface area contributed by atoms with Gasteiger partial charge in [0.05, 0.1) is 40.9 Å². The van der Waals surface area contributed by atoms with E-state index in [1.165, 1.54) is 3.97 Å². The minimum Gasteiger partial charge on any atom is -0.324 e. The van der Waals surface area contributed by atoms with E-state index in [9.17, 15) is 13.2 Å². The van der Waals surface area contributed by atoms with Gasteiger partial charge in [-0.2, -0.15) is 5.10 Å². The van der Waals surface area contributed by atoms with Gasteiger partial charge in [-0.25, -0.2) is 22.4 Å². The van der Waals surface area contributed by atoms with Crippen LogP contribution < -0.4 is 10.6 Å². The lowest BCUT2D eigenvalue weighted by Crippen LogP contribution is -2.27. The number of nitrogens with one attached hydrogen (secondary N) is 2. The Hall–Kier alpha value is -4.55. The molecule has 2 aromatic carbocycles. The number of likely N-dealkylation sites (N-methyl/N-ethyl adjacent to an activating group) is 1. The molecule has 3 heterocycles. The van der Waals surface area contributed by atoms with Crippen molar-refractivity contribution in [2.45, 2.75) is 41.2 Å². The van der Waals surface area contributed by atoms with Crippen molar-refractivity contribution in [1.29, 1.82) is 0 Å². The van der Waals surface area contributed by atoms with E-state index >= 15 is 0 Å². The first-order chi connectivity index (χ1) is 21.1. The number of hydrogen-bond acceptors (Lipinski definition) is 8. The summed E-state index contributed by atoms with van der Waals surface area (Å²) in [6, 6.07) is 12.9. The van der Waals surface area contributed by atoms with Gasteiger partial charge in [-0.05, 0) is 58.1 Å². The Morgan fingerprint density at radius 3 is 2.57 bits per heavy atom. The average molecular weight is 615 g/mol. The second-order valence-corrected chi connectivity index (χ2v) is 12.8. The van der Waals surface area contributed by atoms with Crippen LogP contribution in [0.25, 0.3) is 33.1 Å². The van der Waals surface area contributed by atoms with Crippen LogP contribution in [0.15, 0.2) is 72.7 Å². The Kier molecular flexibility index (Phi) is 9.12. The fraction of sp³-hybridized carbons (Fsp3) is 0.312. The van der Waals surface area contributed by atoms with Crippen molar-refractivity contribution in [3.63, 3.8) is 0 Å². The molecule has 0 saturated carbocycles. The number of anilines is 3. The van der Waals surface area contributed by atoms with Crippen LogP contribution in [0.2, 0.25) is 0 Å². The van der Waals surface area contributed by atoms with Crippen molar-refractivity contribution < 1.29 is 13.2 Å². The molecule has 230 valence electrons. The van der Waals surface area contributed by atoms with Crippen molar-refractivity contribution >= 4 is 55.1 Å². The minimum absolute atomic E-state index is 0.0251. The Labute approximate surface area is 257 Å². The summed E-state index contributed by atoms with van der Waals surface area (Å²) in [4.78, 5) is 24.3. The smallest absolute Gasteiger partial charge is 0.248 e. The zero-order valence-electron chi connectivity index (χ0n) is 25.7. The van der Waals surface area contributed by atoms with Crippen LogP contribution in [0.4, 0.5) is 17.3 Å². The molecule has 0 bridgehead atoms. The van der Waals surface area contributed by atoms with Gasteiger partial charge in [0.2, 0.25) is 21.9 Å². The number of rotatable bonds is 12. The number of para-hydroxylation sites is 1. The van der Waals surface area contributed by atoms with Crippen LogP contribution in [0.5, 0.6) is 0 Å². The highest BCUT2D eigenvalue weighted by Crippen LogP contribution is 2.33. The quantitative estimate of drug-likeness (QED) is 0.173. The van der Waals surface area contributed by atoms with Crippen LogP contribution in [0.3, 0.4) is 0 Å². The van der Waals surface area contributed by atoms with E-state index in [0.717, 1.165) is 41.5 Å². The standard InChI is InChI=1S/C32H38N8O3S/c1-6-38(7-2)15-16-39-31-23(20-34-39)18-24(19-28(31)36-30(41)17-22(4)5)35-32-33-14-13-27(37-32)26-21-40(44(42,43)8-3)29-12-10-9-11-25(26)29/h9-14,17-21H,6-8,15-16H2,1-5H3,(H,36,41)(H,33,35,37). The van der Waals surface area contributed by atoms with Crippen LogP contribution in [0, 0.1) is 0 Å². The molecule has 0 aliphatic rings. The molecule has 0 fully saturated rings. The lowest BCUT2D eigenvalue weighted by atomic mass is 10.1. The van der Waals surface area contributed by atoms with Gasteiger partial charge in [-0.3, -0.25) is 9.48 Å². The van der Waals surface area contributed by atoms with Gasteiger partial charge < -0.3 is 15.5 Å². The van der Waals surface area contributed by atoms with Crippen LogP contribution in [-0.4, -0.2) is 68.3 Å². The van der Waals surface area contributed by atoms with E-state index < -0.39 is 10.0 Å². The number of amides is 1. The second-order valence-electron chi connectivity index (χ2n) is 10.7. The predicted molar refractivity (Wildman–Crippen MR) is 177 cm³/mol. The summed E-state index contributed by atoms with van der Waals surface area (Å²) >= 11 is 0. The maximum absolute atomic E-state index is 12.8. The molecule has 0 radical (unpaired) electrons. The van der Waals surface area contributed by atoms with Crippen molar-refractivity contribution in [3.8, 4) is 11.3 Å². The van der Waals surface area contributed by atoms with Gasteiger partial charge in [-0.15, -0.1) is 0 Å². The fourth-order valence-corrected chi connectivity index (χ4v) is 6.20. The van der Waals surface area contributed by atoms with E-state index in [2.05, 4.69) is 39.5 Å². The number of carbonyl (C=O) groups is 1. The molecular formula is C32H38N8O3S. The summed E-state index contributed by atoms with van der Waals surface area (Å²) in [7, 11) is -3.52. The van der Waals surface area contributed by atoms with E-state index in [-0.39, 0.29) is 11.7 Å². The topological polar surface area (TPSA) is 127 Å². The summed E-state index contributed by atoms with van der Waals surface area (Å²) in [5.41, 5.74) is 4.86. The van der Waals surface area contributed by atoms with Crippen molar-refractivity contribution in [2.24, 2.45) is 0 Å². The largest absolute Gasteiger partial charge is 0.324 e. The molecule has 11 nitrogen and oxygen atoms in total. The first-order valence-electron chi connectivity index (χ1n) is 14.7. The maximum Gasteiger partial charge on any atom is 0.248 e. The number of carbonyl (C=O) groups excluding carboxylic acids is 1. The van der Waals surface area contributed by atoms with Crippen LogP contribution in [-0.2, 0) is 21.4 Å². The van der Waals surface area contributed by atoms with E-state index in [0.29, 0.717) is 40.6 Å². The lowest BCUT2D eigenvalue weighted by molar-refractivity contribution is -0.111. The van der Waals surface area contributed by atoms with Gasteiger partial charge in [0.25, 0.3) is 0 Å². The Balaban J connectivity index is 1.52. The molecule has 44 heavy (non-hydrogen) atoms. The SMILES string of the molecule is CCN(CC)CCn1ncc2cc(Nc3nccc(-c4cn(S(=O)(=O)CC)c5ccccc45)n3)cc(NC(=O)C=C(C)C)c21. The third kappa shape index (κ3) is 6.51. The molecule has 2 N–H and O–H groups in total. The molecule has 5 aromatic rings. The third-order valence-corrected chi connectivity index (χ3v) is 9.10. The van der Waals surface area contributed by atoms with E-state index in [1.807, 2.05) is 48.9 Å². The summed E-state index contributed by atoms with van der Waals surface area (Å²) < 4.78 is 28.9. The van der Waals surface area contributed by atoms with Gasteiger partial charge >= 0.3 is 0 Å². The molecule has 3 aromatic heterocycles. The fourth-order valence-electron chi connectivity index (χ4n) is 5.20. The molecule has 0 saturated heterocycles. The van der Waals surface area contributed by atoms with Gasteiger partial charge in [0, 0.05) is 47.0 Å². The minimum atomic E-state index is -3.52. The molecule has 0 atom stereocenters. The highest BCUT2D eigenvalue weighted by molar-refractivity contribution is 7.90. The molecule has 0 spiro atoms. The number of benzene rings is 2. The molecule has 12 heteroatoms. The zero-order chi connectivity index (χ0) is 31.4. The summed E-state index contributed by atoms with van der Waals surface area (Å²) in [6.45, 7) is 13.0. The normalized spacial score (nSPS) is 11.8. The van der Waals surface area contributed by atoms with Crippen molar-refractivity contribution in [3.05, 3.63) is 72.7 Å². The van der Waals surface area contributed by atoms with E-state index in [4.69, 9.17) is 4.98 Å². The molecule has 0 unspecified atom stereocenters. The average Bonchev–Trinajstić information content (AvgIpc) is 3.60. The predicted octanol–water partition coefficient (Wildman–Crippen LogP) is 5.64. The first kappa shape index (κ1) is 30.9. The Morgan fingerprint density at radius 1 is 1.07 bits per heavy atom. The monoisotopic (exact) mass is 614 g/mol. The maximum atomic E-state index is 12.8. The second kappa shape index (κ2) is 13.0. The first-order valence-corrected chi connectivity index (χ1v) is 16.4. The zero-order valence-corrected chi connectivity index (χ0v) is 26.5. The van der Waals surface area contributed by atoms with Crippen molar-refractivity contribution in [1.82, 2.24) is 28.6 Å². The number of allylic oxidation sites excluding steroid dienone is 1. The molecular weight excluding hydrogens is 576 g/mol. The van der Waals surface area contributed by atoms with Crippen LogP contribution >= 0.6 is 0 Å². The van der Waals surface area contributed by atoms with Crippen molar-refractivity contribution in [2.75, 3.05) is 36.0 Å². The van der Waals surface area contributed by atoms with Gasteiger partial charge in [0.15, 0.2) is 0 Å². The highest BCUT2D eigenvalue weighted by atomic mass is 32.2. The number of hydrogen-bond donors (Lipinski definition) is 2.